The molecule has 7 nitrogen and oxygen atoms in total. The molecule has 0 bridgehead atoms. The van der Waals surface area contributed by atoms with Gasteiger partial charge in [0.15, 0.2) is 0 Å². The number of rotatable bonds is 14. The third-order valence-electron chi connectivity index (χ3n) is 7.48. The van der Waals surface area contributed by atoms with Gasteiger partial charge in [-0.05, 0) is 66.4 Å². The van der Waals surface area contributed by atoms with Crippen molar-refractivity contribution in [2.24, 2.45) is 0 Å². The molecule has 4 aromatic carbocycles. The summed E-state index contributed by atoms with van der Waals surface area (Å²) in [6.45, 7) is 3.78. The Labute approximate surface area is 279 Å². The standard InChI is InChI=1S/C35H37BrClN3O4S/c1-3-4-22-38-35(42)33(23-27-12-7-5-8-13-27)39(24-28-18-20-29(36)21-19-28)34(41)25-40(32-17-11-16-31(37)26(32)2)45(43,44)30-14-9-6-10-15-30/h5-21,33H,3-4,22-25H2,1-2H3,(H,38,42)/t33-/m0/s1. The minimum Gasteiger partial charge on any atom is -0.354 e. The van der Waals surface area contributed by atoms with Crippen molar-refractivity contribution in [3.05, 3.63) is 129 Å². The first-order valence-electron chi connectivity index (χ1n) is 14.8. The Morgan fingerprint density at radius 2 is 1.51 bits per heavy atom. The molecule has 0 aliphatic heterocycles. The maximum atomic E-state index is 14.5. The van der Waals surface area contributed by atoms with Gasteiger partial charge in [-0.1, -0.05) is 108 Å². The highest BCUT2D eigenvalue weighted by Crippen LogP contribution is 2.31. The SMILES string of the molecule is CCCCNC(=O)[C@H](Cc1ccccc1)N(Cc1ccc(Br)cc1)C(=O)CN(c1cccc(Cl)c1C)S(=O)(=O)c1ccccc1. The topological polar surface area (TPSA) is 86.8 Å². The van der Waals surface area contributed by atoms with Crippen molar-refractivity contribution in [1.82, 2.24) is 10.2 Å². The van der Waals surface area contributed by atoms with Crippen LogP contribution in [0.1, 0.15) is 36.5 Å². The molecule has 0 unspecified atom stereocenters. The van der Waals surface area contributed by atoms with Crippen LogP contribution in [-0.4, -0.2) is 44.3 Å². The second-order valence-corrected chi connectivity index (χ2v) is 13.9. The van der Waals surface area contributed by atoms with E-state index in [2.05, 4.69) is 21.2 Å². The number of halogens is 2. The van der Waals surface area contributed by atoms with Crippen molar-refractivity contribution >= 4 is 55.1 Å². The largest absolute Gasteiger partial charge is 0.354 e. The van der Waals surface area contributed by atoms with Crippen molar-refractivity contribution in [3.8, 4) is 0 Å². The number of hydrogen-bond donors (Lipinski definition) is 1. The first-order valence-corrected chi connectivity index (χ1v) is 17.4. The molecule has 10 heteroatoms. The maximum Gasteiger partial charge on any atom is 0.264 e. The third kappa shape index (κ3) is 8.96. The number of carbonyl (C=O) groups is 2. The number of unbranched alkanes of at least 4 members (excludes halogenated alkanes) is 1. The zero-order valence-corrected chi connectivity index (χ0v) is 28.5. The van der Waals surface area contributed by atoms with Crippen LogP contribution in [-0.2, 0) is 32.6 Å². The van der Waals surface area contributed by atoms with Crippen LogP contribution in [0.3, 0.4) is 0 Å². The molecule has 0 radical (unpaired) electrons. The van der Waals surface area contributed by atoms with Gasteiger partial charge in [0.25, 0.3) is 10.0 Å². The summed E-state index contributed by atoms with van der Waals surface area (Å²) in [5.41, 5.74) is 2.47. The Morgan fingerprint density at radius 3 is 2.16 bits per heavy atom. The fraction of sp³-hybridized carbons (Fsp3) is 0.257. The zero-order chi connectivity index (χ0) is 32.4. The molecule has 1 atom stereocenters. The van der Waals surface area contributed by atoms with Gasteiger partial charge in [0.05, 0.1) is 10.6 Å². The molecule has 4 rings (SSSR count). The average molecular weight is 711 g/mol. The Hall–Kier alpha value is -3.66. The molecule has 0 aromatic heterocycles. The Morgan fingerprint density at radius 1 is 0.867 bits per heavy atom. The lowest BCUT2D eigenvalue weighted by Crippen LogP contribution is -2.53. The highest BCUT2D eigenvalue weighted by Gasteiger charge is 2.35. The number of hydrogen-bond acceptors (Lipinski definition) is 4. The van der Waals surface area contributed by atoms with Gasteiger partial charge in [-0.25, -0.2) is 8.42 Å². The minimum atomic E-state index is -4.20. The van der Waals surface area contributed by atoms with Crippen LogP contribution in [0.4, 0.5) is 5.69 Å². The molecule has 45 heavy (non-hydrogen) atoms. The van der Waals surface area contributed by atoms with E-state index in [1.54, 1.807) is 43.3 Å². The second kappa shape index (κ2) is 16.1. The van der Waals surface area contributed by atoms with E-state index < -0.39 is 28.5 Å². The molecule has 0 spiro atoms. The number of sulfonamides is 1. The van der Waals surface area contributed by atoms with Crippen molar-refractivity contribution < 1.29 is 18.0 Å². The number of nitrogens with zero attached hydrogens (tertiary/aromatic N) is 2. The molecule has 2 amide bonds. The van der Waals surface area contributed by atoms with Crippen LogP contribution in [0, 0.1) is 6.92 Å². The smallest absolute Gasteiger partial charge is 0.264 e. The van der Waals surface area contributed by atoms with Gasteiger partial charge >= 0.3 is 0 Å². The van der Waals surface area contributed by atoms with Gasteiger partial charge in [0.2, 0.25) is 11.8 Å². The lowest BCUT2D eigenvalue weighted by atomic mass is 10.0. The van der Waals surface area contributed by atoms with Crippen LogP contribution < -0.4 is 9.62 Å². The van der Waals surface area contributed by atoms with Crippen molar-refractivity contribution in [1.29, 1.82) is 0 Å². The summed E-state index contributed by atoms with van der Waals surface area (Å²) in [5, 5.41) is 3.37. The number of nitrogens with one attached hydrogen (secondary N) is 1. The maximum absolute atomic E-state index is 14.5. The Bertz CT molecular complexity index is 1690. The first kappa shape index (κ1) is 34.2. The molecule has 0 aliphatic carbocycles. The van der Waals surface area contributed by atoms with E-state index in [-0.39, 0.29) is 29.5 Å². The van der Waals surface area contributed by atoms with Gasteiger partial charge in [0, 0.05) is 29.0 Å². The summed E-state index contributed by atoms with van der Waals surface area (Å²) in [5.74, 6) is -0.822. The van der Waals surface area contributed by atoms with E-state index in [9.17, 15) is 18.0 Å². The fourth-order valence-corrected chi connectivity index (χ4v) is 6.87. The fourth-order valence-electron chi connectivity index (χ4n) is 4.95. The first-order chi connectivity index (χ1) is 21.6. The number of amides is 2. The van der Waals surface area contributed by atoms with E-state index in [0.29, 0.717) is 17.1 Å². The Kier molecular flexibility index (Phi) is 12.2. The van der Waals surface area contributed by atoms with Gasteiger partial charge < -0.3 is 10.2 Å². The van der Waals surface area contributed by atoms with E-state index in [0.717, 1.165) is 32.7 Å². The van der Waals surface area contributed by atoms with Crippen LogP contribution in [0.5, 0.6) is 0 Å². The quantitative estimate of drug-likeness (QED) is 0.141. The molecule has 0 aliphatic rings. The minimum absolute atomic E-state index is 0.0368. The summed E-state index contributed by atoms with van der Waals surface area (Å²) in [6, 6.07) is 29.0. The summed E-state index contributed by atoms with van der Waals surface area (Å²) >= 11 is 9.90. The molecule has 0 saturated carbocycles. The van der Waals surface area contributed by atoms with E-state index in [1.807, 2.05) is 61.5 Å². The van der Waals surface area contributed by atoms with Crippen LogP contribution in [0.15, 0.2) is 112 Å². The van der Waals surface area contributed by atoms with Crippen molar-refractivity contribution in [3.63, 3.8) is 0 Å². The number of carbonyl (C=O) groups excluding carboxylic acids is 2. The number of anilines is 1. The third-order valence-corrected chi connectivity index (χ3v) is 10.2. The van der Waals surface area contributed by atoms with E-state index in [1.165, 1.54) is 17.0 Å². The molecule has 236 valence electrons. The lowest BCUT2D eigenvalue weighted by Gasteiger charge is -2.34. The van der Waals surface area contributed by atoms with E-state index in [4.69, 9.17) is 11.6 Å². The summed E-state index contributed by atoms with van der Waals surface area (Å²) < 4.78 is 30.3. The number of benzene rings is 4. The zero-order valence-electron chi connectivity index (χ0n) is 25.3. The molecular formula is C35H37BrClN3O4S. The summed E-state index contributed by atoms with van der Waals surface area (Å²) in [6.07, 6.45) is 1.95. The molecule has 0 heterocycles. The molecular weight excluding hydrogens is 674 g/mol. The van der Waals surface area contributed by atoms with Crippen LogP contribution >= 0.6 is 27.5 Å². The second-order valence-electron chi connectivity index (χ2n) is 10.7. The highest BCUT2D eigenvalue weighted by molar-refractivity contribution is 9.10. The summed E-state index contributed by atoms with van der Waals surface area (Å²) in [7, 11) is -4.20. The highest BCUT2D eigenvalue weighted by atomic mass is 79.9. The van der Waals surface area contributed by atoms with Gasteiger partial charge in [-0.15, -0.1) is 0 Å². The molecule has 0 saturated heterocycles. The monoisotopic (exact) mass is 709 g/mol. The molecule has 4 aromatic rings. The average Bonchev–Trinajstić information content (AvgIpc) is 3.04. The van der Waals surface area contributed by atoms with Crippen LogP contribution in [0.25, 0.3) is 0 Å². The van der Waals surface area contributed by atoms with Gasteiger partial charge in [-0.3, -0.25) is 13.9 Å². The molecule has 1 N–H and O–H groups in total. The van der Waals surface area contributed by atoms with E-state index >= 15 is 0 Å². The van der Waals surface area contributed by atoms with Crippen molar-refractivity contribution in [2.45, 2.75) is 50.6 Å². The lowest BCUT2D eigenvalue weighted by molar-refractivity contribution is -0.140. The Balaban J connectivity index is 1.81. The summed E-state index contributed by atoms with van der Waals surface area (Å²) in [4.78, 5) is 29.9. The molecule has 0 fully saturated rings. The normalized spacial score (nSPS) is 11.9. The predicted molar refractivity (Wildman–Crippen MR) is 184 cm³/mol. The van der Waals surface area contributed by atoms with Crippen molar-refractivity contribution in [2.75, 3.05) is 17.4 Å². The van der Waals surface area contributed by atoms with Crippen LogP contribution in [0.2, 0.25) is 5.02 Å². The predicted octanol–water partition coefficient (Wildman–Crippen LogP) is 7.16. The van der Waals surface area contributed by atoms with Gasteiger partial charge in [0.1, 0.15) is 12.6 Å². The van der Waals surface area contributed by atoms with Gasteiger partial charge in [-0.2, -0.15) is 0 Å².